The normalized spacial score (nSPS) is 15.7. The predicted octanol–water partition coefficient (Wildman–Crippen LogP) is 2.07. The minimum atomic E-state index is -0.403. The van der Waals surface area contributed by atoms with Gasteiger partial charge in [-0.1, -0.05) is 6.42 Å². The molecule has 0 atom stereocenters. The van der Waals surface area contributed by atoms with Gasteiger partial charge in [0.25, 0.3) is 0 Å². The van der Waals surface area contributed by atoms with E-state index in [1.807, 2.05) is 4.90 Å². The lowest BCUT2D eigenvalue weighted by Crippen LogP contribution is -2.41. The molecule has 2 saturated heterocycles. The number of nitriles is 1. The number of nitrogens with one attached hydrogen (secondary N) is 1. The second kappa shape index (κ2) is 14.1. The third-order valence-corrected chi connectivity index (χ3v) is 5.49. The Bertz CT molecular complexity index is 1160. The minimum Gasteiger partial charge on any atom is -0.423 e. The highest BCUT2D eigenvalue weighted by Crippen LogP contribution is 2.19. The van der Waals surface area contributed by atoms with E-state index in [0.717, 1.165) is 57.1 Å². The van der Waals surface area contributed by atoms with Gasteiger partial charge in [0.15, 0.2) is 6.19 Å². The van der Waals surface area contributed by atoms with Gasteiger partial charge in [-0.25, -0.2) is 9.79 Å². The van der Waals surface area contributed by atoms with Crippen LogP contribution < -0.4 is 16.7 Å². The smallest absolute Gasteiger partial charge is 0.336 e. The van der Waals surface area contributed by atoms with Gasteiger partial charge in [0.05, 0.1) is 12.2 Å². The number of nitrogens with zero attached hydrogens (tertiary/aromatic N) is 4. The van der Waals surface area contributed by atoms with Gasteiger partial charge in [-0.2, -0.15) is 5.26 Å². The molecule has 1 aromatic heterocycles. The number of carbonyl (C=O) groups excluding carboxylic acids is 2. The van der Waals surface area contributed by atoms with Crippen LogP contribution in [-0.2, 0) is 9.59 Å². The summed E-state index contributed by atoms with van der Waals surface area (Å²) in [6.45, 7) is 2.82. The van der Waals surface area contributed by atoms with E-state index < -0.39 is 5.63 Å². The zero-order valence-corrected chi connectivity index (χ0v) is 19.6. The highest BCUT2D eigenvalue weighted by molar-refractivity contribution is 5.86. The molecule has 184 valence electrons. The molecule has 2 amide bonds. The molecular weight excluding hydrogens is 448 g/mol. The molecule has 0 unspecified atom stereocenters. The molecule has 0 bridgehead atoms. The van der Waals surface area contributed by atoms with Crippen molar-refractivity contribution in [3.63, 3.8) is 0 Å². The molecule has 2 aliphatic heterocycles. The fourth-order valence-electron chi connectivity index (χ4n) is 3.79. The Labute approximate surface area is 204 Å². The van der Waals surface area contributed by atoms with E-state index in [1.54, 1.807) is 35.4 Å². The van der Waals surface area contributed by atoms with Crippen LogP contribution in [0.3, 0.4) is 0 Å². The molecule has 0 aliphatic carbocycles. The first-order valence-electron chi connectivity index (χ1n) is 11.4. The van der Waals surface area contributed by atoms with Gasteiger partial charge < -0.3 is 20.0 Å². The van der Waals surface area contributed by atoms with Crippen molar-refractivity contribution in [1.29, 1.82) is 5.26 Å². The van der Waals surface area contributed by atoms with Gasteiger partial charge >= 0.3 is 5.63 Å². The summed E-state index contributed by atoms with van der Waals surface area (Å²) in [5.74, 6) is 0.294. The third-order valence-electron chi connectivity index (χ3n) is 5.49. The summed E-state index contributed by atoms with van der Waals surface area (Å²) >= 11 is 0. The van der Waals surface area contributed by atoms with Crippen LogP contribution in [0.2, 0.25) is 0 Å². The summed E-state index contributed by atoms with van der Waals surface area (Å²) in [7, 11) is 0. The first-order chi connectivity index (χ1) is 17.0. The molecule has 1 aromatic carbocycles. The molecule has 10 heteroatoms. The van der Waals surface area contributed by atoms with Crippen molar-refractivity contribution >= 4 is 34.4 Å². The molecule has 4 rings (SSSR count). The molecule has 2 fully saturated rings. The highest BCUT2D eigenvalue weighted by atomic mass is 16.4. The maximum absolute atomic E-state index is 11.9. The molecule has 35 heavy (non-hydrogen) atoms. The van der Waals surface area contributed by atoms with Crippen molar-refractivity contribution in [3.8, 4) is 19.0 Å². The number of rotatable bonds is 3. The topological polar surface area (TPSA) is 145 Å². The van der Waals surface area contributed by atoms with Crippen LogP contribution in [0.15, 0.2) is 44.5 Å². The number of fused-ring (bicyclic) bond motifs is 1. The zero-order chi connectivity index (χ0) is 25.6. The van der Waals surface area contributed by atoms with Crippen LogP contribution in [0, 0.1) is 24.3 Å². The summed E-state index contributed by atoms with van der Waals surface area (Å²) in [6.07, 6.45) is 15.6. The number of guanidine groups is 1. The number of nitrogens with two attached hydrogens (primary N) is 1. The fourth-order valence-corrected chi connectivity index (χ4v) is 3.79. The molecule has 10 nitrogen and oxygen atoms in total. The Balaban J connectivity index is 0.000000231. The molecule has 0 spiro atoms. The van der Waals surface area contributed by atoms with E-state index in [-0.39, 0.29) is 17.8 Å². The van der Waals surface area contributed by atoms with E-state index in [1.165, 1.54) is 6.07 Å². The van der Waals surface area contributed by atoms with Crippen LogP contribution in [0.25, 0.3) is 11.0 Å². The Hall–Kier alpha value is -4.31. The van der Waals surface area contributed by atoms with E-state index in [9.17, 15) is 14.4 Å². The minimum absolute atomic E-state index is 0.00392. The van der Waals surface area contributed by atoms with Crippen LogP contribution in [0.5, 0.6) is 0 Å². The Kier molecular flexibility index (Phi) is 10.8. The predicted molar refractivity (Wildman–Crippen MR) is 133 cm³/mol. The monoisotopic (exact) mass is 478 g/mol. The standard InChI is InChI=1S/C12H20N2O2.C11H8N4O2.C2H2/c15-11-6-2-1-3-9-14(11)10-12(16)13-7-4-5-8-13;12-6-14-11(13)15-8-2-3-9-7(5-8)1-4-10(16)17-9;1-2/h1-10H2;1-5H,(H3,13,14,15);1-2H. The Morgan fingerprint density at radius 1 is 1.09 bits per heavy atom. The van der Waals surface area contributed by atoms with Gasteiger partial charge in [0.1, 0.15) is 5.58 Å². The number of likely N-dealkylation sites (tertiary alicyclic amines) is 2. The number of aliphatic imine (C=N–C) groups is 1. The number of carbonyl (C=O) groups is 2. The molecule has 2 aliphatic rings. The van der Waals surface area contributed by atoms with Crippen LogP contribution in [0.4, 0.5) is 5.69 Å². The lowest BCUT2D eigenvalue weighted by Gasteiger charge is -2.23. The number of hydrogen-bond acceptors (Lipinski definition) is 6. The van der Waals surface area contributed by atoms with Crippen molar-refractivity contribution in [2.75, 3.05) is 26.2 Å². The lowest BCUT2D eigenvalue weighted by molar-refractivity contribution is -0.139. The Morgan fingerprint density at radius 2 is 1.80 bits per heavy atom. The number of hydrogen-bond donors (Lipinski definition) is 2. The SMILES string of the molecule is C#C.N#CNC(N)=Nc1ccc2oc(=O)ccc2c1.O=C(CN1CCCCCC1=O)N1CCCC1. The van der Waals surface area contributed by atoms with Crippen LogP contribution >= 0.6 is 0 Å². The van der Waals surface area contributed by atoms with E-state index in [4.69, 9.17) is 15.4 Å². The summed E-state index contributed by atoms with van der Waals surface area (Å²) in [5, 5.41) is 11.3. The quantitative estimate of drug-likeness (QED) is 0.171. The number of benzene rings is 1. The van der Waals surface area contributed by atoms with E-state index >= 15 is 0 Å². The maximum atomic E-state index is 11.9. The van der Waals surface area contributed by atoms with E-state index in [2.05, 4.69) is 23.2 Å². The van der Waals surface area contributed by atoms with E-state index in [0.29, 0.717) is 24.2 Å². The molecular formula is C25H30N6O4. The summed E-state index contributed by atoms with van der Waals surface area (Å²) in [6, 6.07) is 7.91. The first-order valence-corrected chi connectivity index (χ1v) is 11.4. The lowest BCUT2D eigenvalue weighted by atomic mass is 10.2. The molecule has 3 heterocycles. The van der Waals surface area contributed by atoms with Gasteiger partial charge in [-0.15, -0.1) is 12.8 Å². The zero-order valence-electron chi connectivity index (χ0n) is 19.6. The molecule has 0 radical (unpaired) electrons. The van der Waals surface area contributed by atoms with Crippen LogP contribution in [-0.4, -0.2) is 53.8 Å². The highest BCUT2D eigenvalue weighted by Gasteiger charge is 2.23. The van der Waals surface area contributed by atoms with Crippen molar-refractivity contribution in [2.24, 2.45) is 10.7 Å². The Morgan fingerprint density at radius 3 is 2.51 bits per heavy atom. The summed E-state index contributed by atoms with van der Waals surface area (Å²) in [4.78, 5) is 42.2. The second-order valence-electron chi connectivity index (χ2n) is 7.92. The number of amides is 2. The van der Waals surface area contributed by atoms with Crippen molar-refractivity contribution in [2.45, 2.75) is 38.5 Å². The third kappa shape index (κ3) is 8.52. The molecule has 2 aromatic rings. The van der Waals surface area contributed by atoms with Crippen molar-refractivity contribution < 1.29 is 14.0 Å². The largest absolute Gasteiger partial charge is 0.423 e. The second-order valence-corrected chi connectivity index (χ2v) is 7.92. The average molecular weight is 479 g/mol. The first kappa shape index (κ1) is 26.9. The maximum Gasteiger partial charge on any atom is 0.336 e. The van der Waals surface area contributed by atoms with Gasteiger partial charge in [-0.05, 0) is 49.9 Å². The van der Waals surface area contributed by atoms with Gasteiger partial charge in [-0.3, -0.25) is 14.9 Å². The van der Waals surface area contributed by atoms with Gasteiger partial charge in [0.2, 0.25) is 17.8 Å². The summed E-state index contributed by atoms with van der Waals surface area (Å²) < 4.78 is 4.97. The average Bonchev–Trinajstić information content (AvgIpc) is 3.33. The summed E-state index contributed by atoms with van der Waals surface area (Å²) in [5.41, 5.74) is 6.06. The van der Waals surface area contributed by atoms with Crippen molar-refractivity contribution in [1.82, 2.24) is 15.1 Å². The molecule has 3 N–H and O–H groups in total. The van der Waals surface area contributed by atoms with Crippen molar-refractivity contribution in [3.05, 3.63) is 40.8 Å². The fraction of sp³-hybridized carbons (Fsp3) is 0.400. The molecule has 0 saturated carbocycles. The number of terminal acetylenes is 1. The van der Waals surface area contributed by atoms with Gasteiger partial charge in [0, 0.05) is 37.5 Å². The van der Waals surface area contributed by atoms with Crippen LogP contribution in [0.1, 0.15) is 38.5 Å².